The standard InChI is InChI=1S/C30H34N2O4/c1-5-10-22-13-16-27(29(19-22)35-4)36-18-9-8-17-32-25-12-7-6-11-24(25)31-30(32)21-23-14-15-26(33-2)28(20-23)34-3/h5-7,10-16,19-20H,8-9,17-18,21H2,1-4H3/b10-5+. The van der Waals surface area contributed by atoms with Crippen molar-refractivity contribution in [3.8, 4) is 23.0 Å². The summed E-state index contributed by atoms with van der Waals surface area (Å²) in [5.74, 6) is 4.01. The van der Waals surface area contributed by atoms with Gasteiger partial charge in [0.05, 0.1) is 39.0 Å². The number of hydrogen-bond acceptors (Lipinski definition) is 5. The van der Waals surface area contributed by atoms with Gasteiger partial charge in [0.1, 0.15) is 5.82 Å². The number of ether oxygens (including phenoxy) is 4. The Balaban J connectivity index is 1.43. The average molecular weight is 487 g/mol. The van der Waals surface area contributed by atoms with Gasteiger partial charge in [-0.15, -0.1) is 0 Å². The number of para-hydroxylation sites is 2. The lowest BCUT2D eigenvalue weighted by Crippen LogP contribution is -2.07. The molecule has 1 aromatic heterocycles. The number of unbranched alkanes of at least 4 members (excludes halogenated alkanes) is 1. The van der Waals surface area contributed by atoms with Gasteiger partial charge in [0.15, 0.2) is 23.0 Å². The van der Waals surface area contributed by atoms with Crippen LogP contribution >= 0.6 is 0 Å². The van der Waals surface area contributed by atoms with Crippen molar-refractivity contribution in [2.24, 2.45) is 0 Å². The third-order valence-electron chi connectivity index (χ3n) is 6.12. The first-order valence-corrected chi connectivity index (χ1v) is 12.3. The van der Waals surface area contributed by atoms with Crippen LogP contribution < -0.4 is 18.9 Å². The van der Waals surface area contributed by atoms with Gasteiger partial charge < -0.3 is 23.5 Å². The largest absolute Gasteiger partial charge is 0.493 e. The maximum Gasteiger partial charge on any atom is 0.161 e. The lowest BCUT2D eigenvalue weighted by molar-refractivity contribution is 0.284. The van der Waals surface area contributed by atoms with Crippen LogP contribution in [-0.2, 0) is 13.0 Å². The van der Waals surface area contributed by atoms with Gasteiger partial charge in [-0.25, -0.2) is 4.98 Å². The zero-order valence-electron chi connectivity index (χ0n) is 21.5. The lowest BCUT2D eigenvalue weighted by atomic mass is 10.1. The second kappa shape index (κ2) is 12.2. The topological polar surface area (TPSA) is 54.7 Å². The summed E-state index contributed by atoms with van der Waals surface area (Å²) in [4.78, 5) is 4.94. The third-order valence-corrected chi connectivity index (χ3v) is 6.12. The molecule has 0 atom stereocenters. The number of aromatic nitrogens is 2. The van der Waals surface area contributed by atoms with Crippen LogP contribution in [0.1, 0.15) is 36.7 Å². The molecule has 4 aromatic rings. The van der Waals surface area contributed by atoms with E-state index in [2.05, 4.69) is 28.8 Å². The highest BCUT2D eigenvalue weighted by Crippen LogP contribution is 2.30. The highest BCUT2D eigenvalue weighted by atomic mass is 16.5. The molecule has 0 amide bonds. The van der Waals surface area contributed by atoms with Gasteiger partial charge in [-0.2, -0.15) is 0 Å². The molecule has 6 nitrogen and oxygen atoms in total. The van der Waals surface area contributed by atoms with Crippen molar-refractivity contribution >= 4 is 17.1 Å². The summed E-state index contributed by atoms with van der Waals surface area (Å²) in [5, 5.41) is 0. The zero-order chi connectivity index (χ0) is 25.3. The molecule has 3 aromatic carbocycles. The van der Waals surface area contributed by atoms with Crippen molar-refractivity contribution in [1.29, 1.82) is 0 Å². The van der Waals surface area contributed by atoms with Gasteiger partial charge in [-0.1, -0.05) is 36.4 Å². The molecule has 1 heterocycles. The molecule has 0 saturated carbocycles. The number of hydrogen-bond donors (Lipinski definition) is 0. The van der Waals surface area contributed by atoms with Crippen LogP contribution in [0.2, 0.25) is 0 Å². The number of fused-ring (bicyclic) bond motifs is 1. The first-order valence-electron chi connectivity index (χ1n) is 12.3. The minimum Gasteiger partial charge on any atom is -0.493 e. The van der Waals surface area contributed by atoms with E-state index >= 15 is 0 Å². The first-order chi connectivity index (χ1) is 17.7. The number of methoxy groups -OCH3 is 3. The molecule has 0 unspecified atom stereocenters. The van der Waals surface area contributed by atoms with Gasteiger partial charge in [-0.05, 0) is 67.3 Å². The minimum atomic E-state index is 0.622. The van der Waals surface area contributed by atoms with Crippen molar-refractivity contribution in [2.75, 3.05) is 27.9 Å². The Kier molecular flexibility index (Phi) is 8.50. The molecule has 188 valence electrons. The van der Waals surface area contributed by atoms with Crippen molar-refractivity contribution in [3.63, 3.8) is 0 Å². The third kappa shape index (κ3) is 5.82. The van der Waals surface area contributed by atoms with E-state index in [9.17, 15) is 0 Å². The van der Waals surface area contributed by atoms with E-state index in [0.717, 1.165) is 70.4 Å². The van der Waals surface area contributed by atoms with Gasteiger partial charge in [-0.3, -0.25) is 0 Å². The predicted octanol–water partition coefficient (Wildman–Crippen LogP) is 6.55. The SMILES string of the molecule is C/C=C/c1ccc(OCCCCn2c(Cc3ccc(OC)c(OC)c3)nc3ccccc32)c(OC)c1. The second-order valence-corrected chi connectivity index (χ2v) is 8.50. The summed E-state index contributed by atoms with van der Waals surface area (Å²) in [6.45, 7) is 3.49. The minimum absolute atomic E-state index is 0.622. The molecule has 0 N–H and O–H groups in total. The monoisotopic (exact) mass is 486 g/mol. The van der Waals surface area contributed by atoms with Crippen molar-refractivity contribution in [1.82, 2.24) is 9.55 Å². The van der Waals surface area contributed by atoms with E-state index in [1.807, 2.05) is 55.5 Å². The quantitative estimate of drug-likeness (QED) is 0.213. The van der Waals surface area contributed by atoms with E-state index in [-0.39, 0.29) is 0 Å². The molecule has 0 aliphatic carbocycles. The van der Waals surface area contributed by atoms with Crippen LogP contribution in [0.4, 0.5) is 0 Å². The molecule has 0 bridgehead atoms. The van der Waals surface area contributed by atoms with Gasteiger partial charge in [0, 0.05) is 13.0 Å². The molecule has 4 rings (SSSR count). The smallest absolute Gasteiger partial charge is 0.161 e. The molecule has 0 saturated heterocycles. The highest BCUT2D eigenvalue weighted by molar-refractivity contribution is 5.76. The molecule has 36 heavy (non-hydrogen) atoms. The zero-order valence-corrected chi connectivity index (χ0v) is 21.5. The number of imidazole rings is 1. The molecular weight excluding hydrogens is 452 g/mol. The van der Waals surface area contributed by atoms with E-state index in [1.165, 1.54) is 0 Å². The molecule has 0 aliphatic heterocycles. The van der Waals surface area contributed by atoms with Crippen molar-refractivity contribution in [3.05, 3.63) is 83.7 Å². The molecule has 6 heteroatoms. The number of nitrogens with zero attached hydrogens (tertiary/aromatic N) is 2. The number of benzene rings is 3. The second-order valence-electron chi connectivity index (χ2n) is 8.50. The number of allylic oxidation sites excluding steroid dienone is 1. The Labute approximate surface area is 213 Å². The van der Waals surface area contributed by atoms with Crippen LogP contribution in [0.3, 0.4) is 0 Å². The van der Waals surface area contributed by atoms with Crippen molar-refractivity contribution in [2.45, 2.75) is 32.7 Å². The predicted molar refractivity (Wildman–Crippen MR) is 145 cm³/mol. The Bertz CT molecular complexity index is 1330. The van der Waals surface area contributed by atoms with E-state index in [4.69, 9.17) is 23.9 Å². The average Bonchev–Trinajstić information content (AvgIpc) is 3.25. The fourth-order valence-corrected chi connectivity index (χ4v) is 4.34. The summed E-state index contributed by atoms with van der Waals surface area (Å²) in [6, 6.07) is 20.3. The van der Waals surface area contributed by atoms with E-state index in [0.29, 0.717) is 13.0 Å². The molecular formula is C30H34N2O4. The van der Waals surface area contributed by atoms with Crippen LogP contribution in [0.25, 0.3) is 17.1 Å². The highest BCUT2D eigenvalue weighted by Gasteiger charge is 2.13. The molecule has 0 radical (unpaired) electrons. The lowest BCUT2D eigenvalue weighted by Gasteiger charge is -2.13. The maximum absolute atomic E-state index is 6.04. The van der Waals surface area contributed by atoms with Gasteiger partial charge in [0.25, 0.3) is 0 Å². The molecule has 0 spiro atoms. The Hall–Kier alpha value is -3.93. The number of aryl methyl sites for hydroxylation is 1. The summed E-state index contributed by atoms with van der Waals surface area (Å²) < 4.78 is 24.7. The Morgan fingerprint density at radius 1 is 0.806 bits per heavy atom. The fraction of sp³-hybridized carbons (Fsp3) is 0.300. The summed E-state index contributed by atoms with van der Waals surface area (Å²) in [6.07, 6.45) is 6.65. The molecule has 0 aliphatic rings. The van der Waals surface area contributed by atoms with E-state index < -0.39 is 0 Å². The fourth-order valence-electron chi connectivity index (χ4n) is 4.34. The van der Waals surface area contributed by atoms with Crippen LogP contribution in [-0.4, -0.2) is 37.5 Å². The Morgan fingerprint density at radius 3 is 2.33 bits per heavy atom. The van der Waals surface area contributed by atoms with Crippen molar-refractivity contribution < 1.29 is 18.9 Å². The van der Waals surface area contributed by atoms with Gasteiger partial charge >= 0.3 is 0 Å². The first kappa shape index (κ1) is 25.2. The molecule has 0 fully saturated rings. The maximum atomic E-state index is 6.04. The summed E-state index contributed by atoms with van der Waals surface area (Å²) in [5.41, 5.74) is 4.38. The normalized spacial score (nSPS) is 11.2. The number of rotatable bonds is 12. The van der Waals surface area contributed by atoms with Gasteiger partial charge in [0.2, 0.25) is 0 Å². The van der Waals surface area contributed by atoms with E-state index in [1.54, 1.807) is 21.3 Å². The Morgan fingerprint density at radius 2 is 1.56 bits per heavy atom. The van der Waals surface area contributed by atoms with Crippen LogP contribution in [0.15, 0.2) is 66.7 Å². The summed E-state index contributed by atoms with van der Waals surface area (Å²) in [7, 11) is 4.98. The summed E-state index contributed by atoms with van der Waals surface area (Å²) >= 11 is 0. The van der Waals surface area contributed by atoms with Crippen LogP contribution in [0, 0.1) is 0 Å². The van der Waals surface area contributed by atoms with Crippen LogP contribution in [0.5, 0.6) is 23.0 Å².